The molecule has 1 aliphatic rings. The molecule has 0 aromatic heterocycles. The Morgan fingerprint density at radius 1 is 1.45 bits per heavy atom. The van der Waals surface area contributed by atoms with Crippen LogP contribution in [0, 0.1) is 6.92 Å². The van der Waals surface area contributed by atoms with Gasteiger partial charge < -0.3 is 10.1 Å². The average molecular weight is 341 g/mol. The molecule has 1 aromatic rings. The number of hydrogen-bond donors (Lipinski definition) is 1. The van der Waals surface area contributed by atoms with Crippen LogP contribution in [0.5, 0.6) is 0 Å². The number of benzene rings is 1. The molecule has 0 aliphatic carbocycles. The molecule has 1 amide bonds. The first kappa shape index (κ1) is 15.5. The standard InChI is InChI=1S/C15H21BrN2O2/c1-11-3-4-13(9-14(11)16)15(19)17-12(2)10-18-5-7-20-8-6-18/h3-4,9,12H,5-8,10H2,1-2H3,(H,17,19). The lowest BCUT2D eigenvalue weighted by molar-refractivity contribution is 0.0342. The highest BCUT2D eigenvalue weighted by Crippen LogP contribution is 2.17. The van der Waals surface area contributed by atoms with Crippen molar-refractivity contribution < 1.29 is 9.53 Å². The third-order valence-corrected chi connectivity index (χ3v) is 4.30. The summed E-state index contributed by atoms with van der Waals surface area (Å²) in [5.41, 5.74) is 1.82. The summed E-state index contributed by atoms with van der Waals surface area (Å²) >= 11 is 3.46. The van der Waals surface area contributed by atoms with Gasteiger partial charge in [-0.25, -0.2) is 0 Å². The number of hydrogen-bond acceptors (Lipinski definition) is 3. The monoisotopic (exact) mass is 340 g/mol. The molecule has 1 atom stereocenters. The Hall–Kier alpha value is -0.910. The molecule has 20 heavy (non-hydrogen) atoms. The number of rotatable bonds is 4. The van der Waals surface area contributed by atoms with Crippen LogP contribution in [-0.4, -0.2) is 49.7 Å². The molecule has 1 saturated heterocycles. The van der Waals surface area contributed by atoms with Gasteiger partial charge in [-0.1, -0.05) is 22.0 Å². The molecular weight excluding hydrogens is 320 g/mol. The molecule has 1 unspecified atom stereocenters. The van der Waals surface area contributed by atoms with Gasteiger partial charge >= 0.3 is 0 Å². The predicted octanol–water partition coefficient (Wildman–Crippen LogP) is 2.21. The van der Waals surface area contributed by atoms with Crippen molar-refractivity contribution in [2.24, 2.45) is 0 Å². The summed E-state index contributed by atoms with van der Waals surface area (Å²) in [4.78, 5) is 14.5. The van der Waals surface area contributed by atoms with Gasteiger partial charge in [0.2, 0.25) is 0 Å². The van der Waals surface area contributed by atoms with Crippen molar-refractivity contribution in [1.29, 1.82) is 0 Å². The minimum Gasteiger partial charge on any atom is -0.379 e. The second-order valence-corrected chi connectivity index (χ2v) is 6.11. The van der Waals surface area contributed by atoms with Gasteiger partial charge in [-0.05, 0) is 31.5 Å². The van der Waals surface area contributed by atoms with E-state index in [1.165, 1.54) is 0 Å². The zero-order valence-corrected chi connectivity index (χ0v) is 13.6. The molecule has 1 N–H and O–H groups in total. The maximum absolute atomic E-state index is 12.2. The van der Waals surface area contributed by atoms with Gasteiger partial charge in [-0.2, -0.15) is 0 Å². The molecule has 0 bridgehead atoms. The zero-order chi connectivity index (χ0) is 14.5. The van der Waals surface area contributed by atoms with E-state index in [-0.39, 0.29) is 11.9 Å². The first-order valence-electron chi connectivity index (χ1n) is 6.93. The van der Waals surface area contributed by atoms with Crippen molar-refractivity contribution in [3.63, 3.8) is 0 Å². The minimum atomic E-state index is -0.0218. The number of carbonyl (C=O) groups excluding carboxylic acids is 1. The van der Waals surface area contributed by atoms with Crippen LogP contribution in [-0.2, 0) is 4.74 Å². The van der Waals surface area contributed by atoms with E-state index in [1.54, 1.807) is 0 Å². The SMILES string of the molecule is Cc1ccc(C(=O)NC(C)CN2CCOCC2)cc1Br. The van der Waals surface area contributed by atoms with Crippen LogP contribution in [0.3, 0.4) is 0 Å². The lowest BCUT2D eigenvalue weighted by Crippen LogP contribution is -2.46. The first-order valence-corrected chi connectivity index (χ1v) is 7.72. The topological polar surface area (TPSA) is 41.6 Å². The van der Waals surface area contributed by atoms with Gasteiger partial charge in [-0.15, -0.1) is 0 Å². The summed E-state index contributed by atoms with van der Waals surface area (Å²) in [6.07, 6.45) is 0. The normalized spacial score (nSPS) is 17.8. The zero-order valence-electron chi connectivity index (χ0n) is 12.0. The molecule has 2 rings (SSSR count). The van der Waals surface area contributed by atoms with Gasteiger partial charge in [0.1, 0.15) is 0 Å². The molecule has 1 aromatic carbocycles. The van der Waals surface area contributed by atoms with E-state index in [9.17, 15) is 4.79 Å². The van der Waals surface area contributed by atoms with Gasteiger partial charge in [0.05, 0.1) is 13.2 Å². The fraction of sp³-hybridized carbons (Fsp3) is 0.533. The van der Waals surface area contributed by atoms with E-state index in [2.05, 4.69) is 26.1 Å². The maximum atomic E-state index is 12.2. The van der Waals surface area contributed by atoms with Crippen molar-refractivity contribution in [3.8, 4) is 0 Å². The third-order valence-electron chi connectivity index (χ3n) is 3.45. The van der Waals surface area contributed by atoms with Crippen LogP contribution in [0.15, 0.2) is 22.7 Å². The molecule has 0 radical (unpaired) electrons. The fourth-order valence-electron chi connectivity index (χ4n) is 2.26. The highest BCUT2D eigenvalue weighted by molar-refractivity contribution is 9.10. The van der Waals surface area contributed by atoms with Gasteiger partial charge in [-0.3, -0.25) is 9.69 Å². The predicted molar refractivity (Wildman–Crippen MR) is 83.1 cm³/mol. The number of nitrogens with zero attached hydrogens (tertiary/aromatic N) is 1. The third kappa shape index (κ3) is 4.30. The minimum absolute atomic E-state index is 0.0218. The van der Waals surface area contributed by atoms with E-state index < -0.39 is 0 Å². The van der Waals surface area contributed by atoms with Gasteiger partial charge in [0.25, 0.3) is 5.91 Å². The number of aryl methyl sites for hydroxylation is 1. The van der Waals surface area contributed by atoms with E-state index in [0.29, 0.717) is 5.56 Å². The quantitative estimate of drug-likeness (QED) is 0.913. The fourth-order valence-corrected chi connectivity index (χ4v) is 2.64. The summed E-state index contributed by atoms with van der Waals surface area (Å²) in [5.74, 6) is -0.0218. The molecule has 5 heteroatoms. The molecule has 1 heterocycles. The van der Waals surface area contributed by atoms with Crippen LogP contribution >= 0.6 is 15.9 Å². The lowest BCUT2D eigenvalue weighted by atomic mass is 10.1. The Morgan fingerprint density at radius 3 is 2.80 bits per heavy atom. The van der Waals surface area contributed by atoms with Crippen molar-refractivity contribution in [2.45, 2.75) is 19.9 Å². The molecule has 4 nitrogen and oxygen atoms in total. The molecule has 0 spiro atoms. The van der Waals surface area contributed by atoms with Gasteiger partial charge in [0, 0.05) is 35.7 Å². The van der Waals surface area contributed by atoms with E-state index in [0.717, 1.165) is 42.9 Å². The highest BCUT2D eigenvalue weighted by atomic mass is 79.9. The second-order valence-electron chi connectivity index (χ2n) is 5.25. The van der Waals surface area contributed by atoms with Crippen molar-refractivity contribution >= 4 is 21.8 Å². The van der Waals surface area contributed by atoms with Crippen molar-refractivity contribution in [1.82, 2.24) is 10.2 Å². The van der Waals surface area contributed by atoms with Crippen molar-refractivity contribution in [3.05, 3.63) is 33.8 Å². The Balaban J connectivity index is 1.87. The van der Waals surface area contributed by atoms with Crippen LogP contribution in [0.4, 0.5) is 0 Å². The Labute approximate surface area is 128 Å². The van der Waals surface area contributed by atoms with Gasteiger partial charge in [0.15, 0.2) is 0 Å². The molecule has 1 aliphatic heterocycles. The number of morpholine rings is 1. The number of halogens is 1. The molecule has 110 valence electrons. The Bertz CT molecular complexity index is 473. The number of ether oxygens (including phenoxy) is 1. The van der Waals surface area contributed by atoms with Crippen LogP contribution in [0.2, 0.25) is 0 Å². The van der Waals surface area contributed by atoms with E-state index in [4.69, 9.17) is 4.74 Å². The summed E-state index contributed by atoms with van der Waals surface area (Å²) in [6.45, 7) is 8.36. The Morgan fingerprint density at radius 2 is 2.15 bits per heavy atom. The largest absolute Gasteiger partial charge is 0.379 e. The first-order chi connectivity index (χ1) is 9.56. The summed E-state index contributed by atoms with van der Waals surface area (Å²) in [6, 6.07) is 5.80. The summed E-state index contributed by atoms with van der Waals surface area (Å²) < 4.78 is 6.29. The van der Waals surface area contributed by atoms with E-state index >= 15 is 0 Å². The highest BCUT2D eigenvalue weighted by Gasteiger charge is 2.16. The van der Waals surface area contributed by atoms with Crippen LogP contribution in [0.25, 0.3) is 0 Å². The number of amides is 1. The molecule has 0 saturated carbocycles. The Kier molecular flexibility index (Phi) is 5.57. The summed E-state index contributed by atoms with van der Waals surface area (Å²) in [7, 11) is 0. The lowest BCUT2D eigenvalue weighted by Gasteiger charge is -2.29. The summed E-state index contributed by atoms with van der Waals surface area (Å²) in [5, 5.41) is 3.05. The number of nitrogens with one attached hydrogen (secondary N) is 1. The maximum Gasteiger partial charge on any atom is 0.251 e. The smallest absolute Gasteiger partial charge is 0.251 e. The van der Waals surface area contributed by atoms with Crippen LogP contribution in [0.1, 0.15) is 22.8 Å². The molecule has 1 fully saturated rings. The number of carbonyl (C=O) groups is 1. The second kappa shape index (κ2) is 7.20. The van der Waals surface area contributed by atoms with Crippen molar-refractivity contribution in [2.75, 3.05) is 32.8 Å². The average Bonchev–Trinajstić information content (AvgIpc) is 2.42. The van der Waals surface area contributed by atoms with E-state index in [1.807, 2.05) is 32.0 Å². The van der Waals surface area contributed by atoms with Crippen LogP contribution < -0.4 is 5.32 Å². The molecular formula is C15H21BrN2O2.